The molecule has 0 aromatic rings. The largest absolute Gasteiger partial charge is 0.0925 e. The van der Waals surface area contributed by atoms with E-state index in [0.717, 1.165) is 0 Å². The van der Waals surface area contributed by atoms with E-state index in [4.69, 9.17) is 0 Å². The van der Waals surface area contributed by atoms with Crippen LogP contribution < -0.4 is 0 Å². The Hall–Kier alpha value is -0.400. The molecule has 0 amide bonds. The number of rotatable bonds is 0. The van der Waals surface area contributed by atoms with E-state index in [-0.39, 0.29) is 0 Å². The van der Waals surface area contributed by atoms with Gasteiger partial charge in [0.05, 0.1) is 5.33 Å². The monoisotopic (exact) mass is 156 g/mol. The lowest BCUT2D eigenvalue weighted by molar-refractivity contribution is 1.92. The van der Waals surface area contributed by atoms with Gasteiger partial charge < -0.3 is 0 Å². The summed E-state index contributed by atoms with van der Waals surface area (Å²) < 4.78 is 0. The van der Waals surface area contributed by atoms with Crippen molar-refractivity contribution in [2.45, 2.75) is 6.92 Å². The van der Waals surface area contributed by atoms with Gasteiger partial charge in [0.25, 0.3) is 0 Å². The van der Waals surface area contributed by atoms with Crippen LogP contribution in [0.15, 0.2) is 0 Å². The highest BCUT2D eigenvalue weighted by Gasteiger charge is 1.54. The van der Waals surface area contributed by atoms with Crippen LogP contribution >= 0.6 is 15.9 Å². The summed E-state index contributed by atoms with van der Waals surface area (Å²) in [5, 5.41) is 0.710. The third-order valence-corrected chi connectivity index (χ3v) is 0.623. The van der Waals surface area contributed by atoms with Gasteiger partial charge in [-0.25, -0.2) is 0 Å². The Kier molecular flexibility index (Phi) is 5.28. The van der Waals surface area contributed by atoms with Crippen LogP contribution in [0.3, 0.4) is 0 Å². The van der Waals surface area contributed by atoms with E-state index in [1.807, 2.05) is 0 Å². The van der Waals surface area contributed by atoms with Gasteiger partial charge in [0.2, 0.25) is 0 Å². The molecule has 0 unspecified atom stereocenters. The Morgan fingerprint density at radius 3 is 2.57 bits per heavy atom. The van der Waals surface area contributed by atoms with E-state index in [2.05, 4.69) is 39.6 Å². The molecule has 0 N–H and O–H groups in total. The Labute approximate surface area is 52.4 Å². The maximum absolute atomic E-state index is 3.14. The van der Waals surface area contributed by atoms with Gasteiger partial charge in [0, 0.05) is 0 Å². The molecule has 0 aromatic carbocycles. The second-order valence-electron chi connectivity index (χ2n) is 0.810. The summed E-state index contributed by atoms with van der Waals surface area (Å²) in [5.41, 5.74) is 0. The number of halogens is 1. The van der Waals surface area contributed by atoms with Crippen molar-refractivity contribution in [3.63, 3.8) is 0 Å². The minimum Gasteiger partial charge on any atom is -0.0925 e. The van der Waals surface area contributed by atoms with Crippen LogP contribution in [0.2, 0.25) is 0 Å². The first-order valence-electron chi connectivity index (χ1n) is 1.87. The normalized spacial score (nSPS) is 4.86. The fourth-order valence-electron chi connectivity index (χ4n) is 0.140. The standard InChI is InChI=1S/C6H5Br/c1-2-3-4-5-6-7/h6H2,1H3. The molecule has 0 heterocycles. The number of alkyl halides is 1. The van der Waals surface area contributed by atoms with E-state index in [1.54, 1.807) is 6.92 Å². The fraction of sp³-hybridized carbons (Fsp3) is 0.333. The Bertz CT molecular complexity index is 137. The molecule has 0 aliphatic rings. The lowest BCUT2D eigenvalue weighted by Crippen LogP contribution is -1.55. The molecule has 0 fully saturated rings. The topological polar surface area (TPSA) is 0 Å². The molecule has 0 saturated carbocycles. The average Bonchev–Trinajstić information content (AvgIpc) is 1.69. The van der Waals surface area contributed by atoms with Crippen LogP contribution in [-0.4, -0.2) is 5.33 Å². The van der Waals surface area contributed by atoms with Crippen molar-refractivity contribution in [2.24, 2.45) is 0 Å². The van der Waals surface area contributed by atoms with Gasteiger partial charge in [0.1, 0.15) is 0 Å². The molecule has 0 bridgehead atoms. The molecule has 7 heavy (non-hydrogen) atoms. The van der Waals surface area contributed by atoms with Crippen LogP contribution in [0.1, 0.15) is 6.92 Å². The van der Waals surface area contributed by atoms with Gasteiger partial charge in [-0.2, -0.15) is 0 Å². The molecule has 0 spiro atoms. The molecule has 0 aliphatic carbocycles. The van der Waals surface area contributed by atoms with E-state index in [1.165, 1.54) is 0 Å². The quantitative estimate of drug-likeness (QED) is 0.368. The summed E-state index contributed by atoms with van der Waals surface area (Å²) in [5.74, 6) is 10.6. The lowest BCUT2D eigenvalue weighted by Gasteiger charge is -1.58. The zero-order chi connectivity index (χ0) is 5.54. The SMILES string of the molecule is CC#CC#CCBr. The van der Waals surface area contributed by atoms with Crippen molar-refractivity contribution in [3.8, 4) is 23.7 Å². The zero-order valence-electron chi connectivity index (χ0n) is 4.09. The smallest absolute Gasteiger partial charge is 0.0655 e. The molecule has 0 saturated heterocycles. The van der Waals surface area contributed by atoms with Crippen molar-refractivity contribution in [1.29, 1.82) is 0 Å². The first-order chi connectivity index (χ1) is 3.41. The molecule has 0 rings (SSSR count). The van der Waals surface area contributed by atoms with Crippen LogP contribution in [-0.2, 0) is 0 Å². The molecular weight excluding hydrogens is 152 g/mol. The first-order valence-corrected chi connectivity index (χ1v) is 2.99. The highest BCUT2D eigenvalue weighted by atomic mass is 79.9. The van der Waals surface area contributed by atoms with E-state index >= 15 is 0 Å². The summed E-state index contributed by atoms with van der Waals surface area (Å²) >= 11 is 3.14. The van der Waals surface area contributed by atoms with Gasteiger partial charge in [-0.15, -0.1) is 0 Å². The summed E-state index contributed by atoms with van der Waals surface area (Å²) in [6.07, 6.45) is 0. The van der Waals surface area contributed by atoms with Gasteiger partial charge >= 0.3 is 0 Å². The molecule has 0 atom stereocenters. The number of hydrogen-bond acceptors (Lipinski definition) is 0. The van der Waals surface area contributed by atoms with Crippen molar-refractivity contribution in [3.05, 3.63) is 0 Å². The van der Waals surface area contributed by atoms with Crippen molar-refractivity contribution in [1.82, 2.24) is 0 Å². The molecule has 36 valence electrons. The molecule has 0 radical (unpaired) electrons. The van der Waals surface area contributed by atoms with Crippen molar-refractivity contribution in [2.75, 3.05) is 5.33 Å². The Balaban J connectivity index is 3.39. The second-order valence-corrected chi connectivity index (χ2v) is 1.37. The highest BCUT2D eigenvalue weighted by Crippen LogP contribution is 1.70. The fourth-order valence-corrected chi connectivity index (χ4v) is 0.280. The van der Waals surface area contributed by atoms with Crippen LogP contribution in [0.4, 0.5) is 0 Å². The highest BCUT2D eigenvalue weighted by molar-refractivity contribution is 9.09. The van der Waals surface area contributed by atoms with Gasteiger partial charge in [-0.05, 0) is 18.8 Å². The van der Waals surface area contributed by atoms with Crippen LogP contribution in [0.5, 0.6) is 0 Å². The third kappa shape index (κ3) is 5.60. The molecular formula is C6H5Br. The van der Waals surface area contributed by atoms with Crippen LogP contribution in [0, 0.1) is 23.7 Å². The summed E-state index contributed by atoms with van der Waals surface area (Å²) in [4.78, 5) is 0. The maximum Gasteiger partial charge on any atom is 0.0655 e. The van der Waals surface area contributed by atoms with E-state index < -0.39 is 0 Å². The van der Waals surface area contributed by atoms with Gasteiger partial charge in [-0.3, -0.25) is 0 Å². The molecule has 0 aliphatic heterocycles. The Morgan fingerprint density at radius 1 is 1.43 bits per heavy atom. The first kappa shape index (κ1) is 6.60. The average molecular weight is 157 g/mol. The lowest BCUT2D eigenvalue weighted by atomic mass is 10.6. The maximum atomic E-state index is 3.14. The molecule has 0 nitrogen and oxygen atoms in total. The summed E-state index contributed by atoms with van der Waals surface area (Å²) in [7, 11) is 0. The number of hydrogen-bond donors (Lipinski definition) is 0. The van der Waals surface area contributed by atoms with Gasteiger partial charge in [-0.1, -0.05) is 27.8 Å². The minimum atomic E-state index is 0.710. The molecule has 1 heteroatoms. The van der Waals surface area contributed by atoms with Crippen LogP contribution in [0.25, 0.3) is 0 Å². The summed E-state index contributed by atoms with van der Waals surface area (Å²) in [6, 6.07) is 0. The molecule has 0 aromatic heterocycles. The van der Waals surface area contributed by atoms with Gasteiger partial charge in [0.15, 0.2) is 0 Å². The predicted octanol–water partition coefficient (Wildman–Crippen LogP) is 1.41. The summed E-state index contributed by atoms with van der Waals surface area (Å²) in [6.45, 7) is 1.77. The van der Waals surface area contributed by atoms with Crippen molar-refractivity contribution >= 4 is 15.9 Å². The minimum absolute atomic E-state index is 0.710. The predicted molar refractivity (Wildman–Crippen MR) is 35.0 cm³/mol. The van der Waals surface area contributed by atoms with E-state index in [0.29, 0.717) is 5.33 Å². The zero-order valence-corrected chi connectivity index (χ0v) is 5.67. The van der Waals surface area contributed by atoms with E-state index in [9.17, 15) is 0 Å². The third-order valence-electron chi connectivity index (χ3n) is 0.343. The Morgan fingerprint density at radius 2 is 2.14 bits per heavy atom. The van der Waals surface area contributed by atoms with Crippen molar-refractivity contribution < 1.29 is 0 Å². The second kappa shape index (κ2) is 5.60.